The summed E-state index contributed by atoms with van der Waals surface area (Å²) in [5, 5.41) is 3.99. The molecule has 1 amide bonds. The number of halogens is 4. The molecule has 0 bridgehead atoms. The Kier molecular flexibility index (Phi) is 9.22. The number of Topliss-reactive ketones (excluding diaryl/α,β-unsaturated/α-hetero) is 1. The first kappa shape index (κ1) is 35.0. The van der Waals surface area contributed by atoms with Gasteiger partial charge in [-0.25, -0.2) is 4.98 Å². The number of rotatable bonds is 10. The minimum absolute atomic E-state index is 0.0357. The minimum atomic E-state index is -2.99. The molecule has 1 N–H and O–H groups in total. The van der Waals surface area contributed by atoms with Gasteiger partial charge in [0, 0.05) is 97.3 Å². The zero-order valence-electron chi connectivity index (χ0n) is 28.7. The lowest BCUT2D eigenvalue weighted by molar-refractivity contribution is -0.121. The lowest BCUT2D eigenvalue weighted by atomic mass is 9.78. The van der Waals surface area contributed by atoms with E-state index in [9.17, 15) is 18.4 Å². The molecule has 0 radical (unpaired) electrons. The number of hydrogen-bond acceptors (Lipinski definition) is 7. The fourth-order valence-electron chi connectivity index (χ4n) is 8.57. The van der Waals surface area contributed by atoms with Crippen LogP contribution in [-0.2, 0) is 22.7 Å². The molecule has 4 aromatic rings. The van der Waals surface area contributed by atoms with Crippen LogP contribution in [0.3, 0.4) is 0 Å². The molecule has 4 aliphatic rings. The van der Waals surface area contributed by atoms with Crippen molar-refractivity contribution in [2.24, 2.45) is 5.41 Å². The fraction of sp³-hybridized carbons (Fsp3) is 0.375. The first-order chi connectivity index (χ1) is 25.0. The number of nitrogens with zero attached hydrogens (tertiary/aromatic N) is 3. The van der Waals surface area contributed by atoms with Crippen LogP contribution >= 0.6 is 23.2 Å². The molecular formula is C40H38Cl2F2N4O4. The van der Waals surface area contributed by atoms with Gasteiger partial charge in [0.15, 0.2) is 0 Å². The summed E-state index contributed by atoms with van der Waals surface area (Å²) in [6.45, 7) is 1.25. The van der Waals surface area contributed by atoms with E-state index in [2.05, 4.69) is 15.1 Å². The van der Waals surface area contributed by atoms with Gasteiger partial charge in [-0.1, -0.05) is 77.8 Å². The molecule has 8 nitrogen and oxygen atoms in total. The second-order valence-electron chi connectivity index (χ2n) is 14.7. The van der Waals surface area contributed by atoms with Crippen LogP contribution in [0.2, 0.25) is 10.0 Å². The second-order valence-corrected chi connectivity index (χ2v) is 15.5. The van der Waals surface area contributed by atoms with Gasteiger partial charge < -0.3 is 14.8 Å². The number of ether oxygens (including phenoxy) is 2. The molecule has 1 aromatic heterocycles. The number of pyridine rings is 1. The van der Waals surface area contributed by atoms with Crippen molar-refractivity contribution in [3.63, 3.8) is 0 Å². The number of hydrogen-bond donors (Lipinski definition) is 1. The Morgan fingerprint density at radius 2 is 1.48 bits per heavy atom. The average Bonchev–Trinajstić information content (AvgIpc) is 3.68. The highest BCUT2D eigenvalue weighted by molar-refractivity contribution is 6.39. The number of ketones is 1. The summed E-state index contributed by atoms with van der Waals surface area (Å²) in [4.78, 5) is 32.9. The first-order valence-electron chi connectivity index (χ1n) is 17.5. The van der Waals surface area contributed by atoms with Crippen LogP contribution in [0.4, 0.5) is 8.78 Å². The van der Waals surface area contributed by atoms with E-state index in [-0.39, 0.29) is 22.6 Å². The largest absolute Gasteiger partial charge is 0.481 e. The number of aromatic nitrogens is 1. The molecule has 1 aliphatic carbocycles. The van der Waals surface area contributed by atoms with E-state index >= 15 is 0 Å². The summed E-state index contributed by atoms with van der Waals surface area (Å²) in [5.41, 5.74) is 5.51. The van der Waals surface area contributed by atoms with Crippen LogP contribution in [0.25, 0.3) is 33.5 Å². The molecule has 4 heterocycles. The maximum absolute atomic E-state index is 13.6. The molecule has 0 unspecified atom stereocenters. The summed E-state index contributed by atoms with van der Waals surface area (Å²) >= 11 is 14.2. The van der Waals surface area contributed by atoms with Gasteiger partial charge in [0.05, 0.1) is 28.4 Å². The van der Waals surface area contributed by atoms with Gasteiger partial charge in [-0.05, 0) is 30.5 Å². The van der Waals surface area contributed by atoms with Gasteiger partial charge in [0.2, 0.25) is 11.8 Å². The third-order valence-corrected chi connectivity index (χ3v) is 11.8. The second kappa shape index (κ2) is 13.7. The summed E-state index contributed by atoms with van der Waals surface area (Å²) in [6, 6.07) is 20.4. The topological polar surface area (TPSA) is 84.0 Å². The molecule has 2 spiro atoms. The molecule has 3 aliphatic heterocycles. The zero-order valence-corrected chi connectivity index (χ0v) is 30.2. The van der Waals surface area contributed by atoms with Gasteiger partial charge in [0.25, 0.3) is 0 Å². The van der Waals surface area contributed by atoms with E-state index in [1.54, 1.807) is 13.2 Å². The molecule has 52 heavy (non-hydrogen) atoms. The standard InChI is InChI=1S/C40H38Cl2F2N4O4/c1-51-37-26(19-48-22-40(23-48)15-13-34(50)46-40)10-11-32(45-37)31-7-3-6-30(36(31)42)29-5-2-4-28(35(29)41)24-8-9-25(33(16-24)52-38(43)44)18-47-20-39(21-47)14-12-27(49)17-39/h2-11,16,38H,12-15,17-23H2,1H3,(H,46,50). The Balaban J connectivity index is 1.03. The first-order valence-corrected chi connectivity index (χ1v) is 18.3. The minimum Gasteiger partial charge on any atom is -0.481 e. The molecule has 8 rings (SSSR count). The highest BCUT2D eigenvalue weighted by Crippen LogP contribution is 2.46. The van der Waals surface area contributed by atoms with E-state index in [4.69, 9.17) is 37.7 Å². The summed E-state index contributed by atoms with van der Waals surface area (Å²) in [5.74, 6) is 1.02. The Bertz CT molecular complexity index is 2070. The molecule has 3 saturated heterocycles. The smallest absolute Gasteiger partial charge is 0.387 e. The van der Waals surface area contributed by atoms with Crippen molar-refractivity contribution in [2.45, 2.75) is 57.3 Å². The van der Waals surface area contributed by atoms with Crippen LogP contribution in [-0.4, -0.2) is 71.9 Å². The van der Waals surface area contributed by atoms with E-state index in [0.717, 1.165) is 44.6 Å². The van der Waals surface area contributed by atoms with E-state index in [0.29, 0.717) is 93.1 Å². The molecule has 1 saturated carbocycles. The highest BCUT2D eigenvalue weighted by atomic mass is 35.5. The Labute approximate surface area is 311 Å². The maximum atomic E-state index is 13.6. The number of carbonyl (C=O) groups is 2. The van der Waals surface area contributed by atoms with Crippen LogP contribution in [0.15, 0.2) is 66.7 Å². The van der Waals surface area contributed by atoms with Gasteiger partial charge >= 0.3 is 6.61 Å². The Morgan fingerprint density at radius 1 is 0.827 bits per heavy atom. The van der Waals surface area contributed by atoms with Crippen molar-refractivity contribution >= 4 is 34.9 Å². The summed E-state index contributed by atoms with van der Waals surface area (Å²) in [7, 11) is 1.59. The van der Waals surface area contributed by atoms with Crippen molar-refractivity contribution in [1.29, 1.82) is 0 Å². The predicted octanol–water partition coefficient (Wildman–Crippen LogP) is 8.02. The van der Waals surface area contributed by atoms with E-state index in [1.165, 1.54) is 0 Å². The van der Waals surface area contributed by atoms with Crippen LogP contribution in [0.1, 0.15) is 43.2 Å². The molecule has 4 fully saturated rings. The number of methoxy groups -OCH3 is 1. The maximum Gasteiger partial charge on any atom is 0.387 e. The third-order valence-electron chi connectivity index (χ3n) is 11.0. The van der Waals surface area contributed by atoms with E-state index < -0.39 is 6.61 Å². The third kappa shape index (κ3) is 6.66. The fourth-order valence-corrected chi connectivity index (χ4v) is 9.23. The Morgan fingerprint density at radius 3 is 2.13 bits per heavy atom. The molecule has 0 atom stereocenters. The van der Waals surface area contributed by atoms with Gasteiger partial charge in [-0.2, -0.15) is 8.78 Å². The molecular weight excluding hydrogens is 709 g/mol. The monoisotopic (exact) mass is 746 g/mol. The number of benzene rings is 3. The molecule has 270 valence electrons. The van der Waals surface area contributed by atoms with Crippen LogP contribution in [0, 0.1) is 5.41 Å². The number of nitrogens with one attached hydrogen (secondary N) is 1. The molecule has 3 aromatic carbocycles. The van der Waals surface area contributed by atoms with Gasteiger partial charge in [-0.15, -0.1) is 0 Å². The van der Waals surface area contributed by atoms with E-state index in [1.807, 2.05) is 60.7 Å². The normalized spacial score (nSPS) is 19.3. The van der Waals surface area contributed by atoms with Gasteiger partial charge in [0.1, 0.15) is 11.5 Å². The SMILES string of the molecule is COc1nc(-c2cccc(-c3cccc(-c4ccc(CN5CC6(CCC(=O)C6)C5)c(OC(F)F)c4)c3Cl)c2Cl)ccc1CN1CC2(CCC(=O)N2)C1. The number of alkyl halides is 2. The number of amides is 1. The van der Waals surface area contributed by atoms with Crippen LogP contribution in [0.5, 0.6) is 11.6 Å². The van der Waals surface area contributed by atoms with Crippen molar-refractivity contribution < 1.29 is 27.8 Å². The van der Waals surface area contributed by atoms with Crippen molar-refractivity contribution in [3.05, 3.63) is 87.9 Å². The summed E-state index contributed by atoms with van der Waals surface area (Å²) < 4.78 is 37.9. The highest BCUT2D eigenvalue weighted by Gasteiger charge is 2.48. The summed E-state index contributed by atoms with van der Waals surface area (Å²) in [6.07, 6.45) is 3.57. The number of likely N-dealkylation sites (tertiary alicyclic amines) is 2. The Hall–Kier alpha value is -4.09. The molecule has 12 heteroatoms. The lowest BCUT2D eigenvalue weighted by Gasteiger charge is -2.48. The predicted molar refractivity (Wildman–Crippen MR) is 196 cm³/mol. The van der Waals surface area contributed by atoms with Gasteiger partial charge in [-0.3, -0.25) is 19.4 Å². The van der Waals surface area contributed by atoms with Crippen molar-refractivity contribution in [3.8, 4) is 45.1 Å². The quantitative estimate of drug-likeness (QED) is 0.176. The average molecular weight is 748 g/mol. The van der Waals surface area contributed by atoms with Crippen molar-refractivity contribution in [1.82, 2.24) is 20.1 Å². The zero-order chi connectivity index (χ0) is 36.2. The van der Waals surface area contributed by atoms with Crippen LogP contribution < -0.4 is 14.8 Å². The number of carbonyl (C=O) groups excluding carboxylic acids is 2. The van der Waals surface area contributed by atoms with Crippen molar-refractivity contribution in [2.75, 3.05) is 33.3 Å². The lowest BCUT2D eigenvalue weighted by Crippen LogP contribution is -2.66.